The van der Waals surface area contributed by atoms with Crippen molar-refractivity contribution in [2.75, 3.05) is 18.5 Å². The predicted molar refractivity (Wildman–Crippen MR) is 101 cm³/mol. The first kappa shape index (κ1) is 19.6. The molecule has 2 amide bonds. The van der Waals surface area contributed by atoms with Crippen LogP contribution in [0.2, 0.25) is 5.02 Å². The monoisotopic (exact) mass is 400 g/mol. The number of ether oxygens (including phenoxy) is 1. The molecule has 2 heterocycles. The fourth-order valence-electron chi connectivity index (χ4n) is 2.77. The highest BCUT2D eigenvalue weighted by molar-refractivity contribution is 6.30. The van der Waals surface area contributed by atoms with Crippen LogP contribution in [-0.4, -0.2) is 40.7 Å². The second kappa shape index (κ2) is 8.25. The smallest absolute Gasteiger partial charge is 0.271 e. The minimum Gasteiger partial charge on any atom is -0.508 e. The summed E-state index contributed by atoms with van der Waals surface area (Å²) in [5, 5.41) is 24.8. The Bertz CT molecular complexity index is 951. The van der Waals surface area contributed by atoms with Gasteiger partial charge in [-0.2, -0.15) is 5.26 Å². The van der Waals surface area contributed by atoms with Crippen LogP contribution in [-0.2, 0) is 16.0 Å². The molecule has 144 valence electrons. The van der Waals surface area contributed by atoms with Crippen molar-refractivity contribution < 1.29 is 19.4 Å². The number of benzene rings is 1. The summed E-state index contributed by atoms with van der Waals surface area (Å²) >= 11 is 5.88. The largest absolute Gasteiger partial charge is 0.508 e. The number of aromatic nitrogens is 1. The summed E-state index contributed by atoms with van der Waals surface area (Å²) in [6.45, 7) is 0.516. The fourth-order valence-corrected chi connectivity index (χ4v) is 2.96. The molecule has 3 N–H and O–H groups in total. The van der Waals surface area contributed by atoms with Gasteiger partial charge >= 0.3 is 0 Å². The van der Waals surface area contributed by atoms with E-state index in [1.807, 2.05) is 0 Å². The van der Waals surface area contributed by atoms with E-state index in [4.69, 9.17) is 16.3 Å². The highest BCUT2D eigenvalue weighted by Crippen LogP contribution is 2.22. The SMILES string of the molecule is N#CC1(NC(=O)c2cc(NC(=O)Cc3cc(Cl)ccc3O)ccn2)CCOC1. The molecule has 1 atom stereocenters. The molecule has 0 spiro atoms. The van der Waals surface area contributed by atoms with Gasteiger partial charge in [-0.1, -0.05) is 11.6 Å². The van der Waals surface area contributed by atoms with E-state index in [-0.39, 0.29) is 24.5 Å². The van der Waals surface area contributed by atoms with Crippen molar-refractivity contribution >= 4 is 29.1 Å². The summed E-state index contributed by atoms with van der Waals surface area (Å²) in [5.74, 6) is -0.960. The first-order valence-corrected chi connectivity index (χ1v) is 8.83. The van der Waals surface area contributed by atoms with Crippen molar-refractivity contribution in [1.29, 1.82) is 5.26 Å². The summed E-state index contributed by atoms with van der Waals surface area (Å²) in [6.07, 6.45) is 1.69. The van der Waals surface area contributed by atoms with Crippen molar-refractivity contribution in [3.05, 3.63) is 52.8 Å². The Balaban J connectivity index is 1.67. The average molecular weight is 401 g/mol. The predicted octanol–water partition coefficient (Wildman–Crippen LogP) is 2.03. The molecule has 1 aliphatic heterocycles. The van der Waals surface area contributed by atoms with Crippen LogP contribution >= 0.6 is 11.6 Å². The Hall–Kier alpha value is -3.15. The molecule has 1 aliphatic rings. The molecule has 9 heteroatoms. The number of hydrogen-bond donors (Lipinski definition) is 3. The standard InChI is InChI=1S/C19H17ClN4O4/c20-13-1-2-16(25)12(7-13)8-17(26)23-14-3-5-22-15(9-14)18(27)24-19(10-21)4-6-28-11-19/h1-3,5,7,9,25H,4,6,8,11H2,(H,24,27)(H,22,23,26). The molecule has 1 aromatic carbocycles. The van der Waals surface area contributed by atoms with E-state index in [0.29, 0.717) is 29.3 Å². The van der Waals surface area contributed by atoms with Crippen molar-refractivity contribution in [3.63, 3.8) is 0 Å². The summed E-state index contributed by atoms with van der Waals surface area (Å²) in [7, 11) is 0. The number of aromatic hydroxyl groups is 1. The molecule has 8 nitrogen and oxygen atoms in total. The third kappa shape index (κ3) is 4.57. The van der Waals surface area contributed by atoms with Crippen LogP contribution in [0.15, 0.2) is 36.5 Å². The number of phenolic OH excluding ortho intramolecular Hbond substituents is 1. The maximum atomic E-state index is 12.4. The van der Waals surface area contributed by atoms with Gasteiger partial charge in [0.2, 0.25) is 5.91 Å². The van der Waals surface area contributed by atoms with Gasteiger partial charge in [0.25, 0.3) is 5.91 Å². The van der Waals surface area contributed by atoms with Gasteiger partial charge in [-0.05, 0) is 30.3 Å². The lowest BCUT2D eigenvalue weighted by atomic mass is 10.0. The van der Waals surface area contributed by atoms with Crippen molar-refractivity contribution in [2.45, 2.75) is 18.4 Å². The Labute approximate surface area is 166 Å². The fraction of sp³-hybridized carbons (Fsp3) is 0.263. The summed E-state index contributed by atoms with van der Waals surface area (Å²) < 4.78 is 5.19. The highest BCUT2D eigenvalue weighted by Gasteiger charge is 2.37. The summed E-state index contributed by atoms with van der Waals surface area (Å²) in [6, 6.07) is 9.46. The maximum Gasteiger partial charge on any atom is 0.271 e. The molecule has 1 aromatic heterocycles. The number of phenols is 1. The van der Waals surface area contributed by atoms with E-state index in [2.05, 4.69) is 21.7 Å². The number of nitrogens with zero attached hydrogens (tertiary/aromatic N) is 2. The molecule has 2 aromatic rings. The molecular formula is C19H17ClN4O4. The molecule has 28 heavy (non-hydrogen) atoms. The van der Waals surface area contributed by atoms with E-state index in [1.54, 1.807) is 0 Å². The quantitative estimate of drug-likeness (QED) is 0.705. The zero-order valence-corrected chi connectivity index (χ0v) is 15.5. The van der Waals surface area contributed by atoms with E-state index in [0.717, 1.165) is 0 Å². The maximum absolute atomic E-state index is 12.4. The molecular weight excluding hydrogens is 384 g/mol. The van der Waals surface area contributed by atoms with Crippen LogP contribution in [0.1, 0.15) is 22.5 Å². The van der Waals surface area contributed by atoms with E-state index in [1.165, 1.54) is 36.5 Å². The van der Waals surface area contributed by atoms with Gasteiger partial charge in [0.15, 0.2) is 5.54 Å². The summed E-state index contributed by atoms with van der Waals surface area (Å²) in [5.41, 5.74) is -0.262. The number of nitriles is 1. The second-order valence-corrected chi connectivity index (χ2v) is 6.81. The number of hydrogen-bond acceptors (Lipinski definition) is 6. The van der Waals surface area contributed by atoms with Crippen LogP contribution in [0, 0.1) is 11.3 Å². The zero-order chi connectivity index (χ0) is 20.1. The molecule has 0 radical (unpaired) electrons. The van der Waals surface area contributed by atoms with Gasteiger partial charge in [-0.3, -0.25) is 14.6 Å². The number of carbonyl (C=O) groups is 2. The minimum absolute atomic E-state index is 0.0325. The van der Waals surface area contributed by atoms with Crippen molar-refractivity contribution in [1.82, 2.24) is 10.3 Å². The number of amides is 2. The Morgan fingerprint density at radius 2 is 2.18 bits per heavy atom. The Kier molecular flexibility index (Phi) is 5.78. The molecule has 1 fully saturated rings. The Morgan fingerprint density at radius 3 is 2.89 bits per heavy atom. The normalized spacial score (nSPS) is 18.3. The average Bonchev–Trinajstić information content (AvgIpc) is 3.14. The molecule has 3 rings (SSSR count). The van der Waals surface area contributed by atoms with Crippen LogP contribution in [0.3, 0.4) is 0 Å². The lowest BCUT2D eigenvalue weighted by Crippen LogP contribution is -2.48. The Morgan fingerprint density at radius 1 is 1.36 bits per heavy atom. The van der Waals surface area contributed by atoms with Gasteiger partial charge < -0.3 is 20.5 Å². The molecule has 0 aliphatic carbocycles. The number of rotatable bonds is 5. The van der Waals surface area contributed by atoms with Gasteiger partial charge in [-0.15, -0.1) is 0 Å². The van der Waals surface area contributed by atoms with Crippen molar-refractivity contribution in [2.24, 2.45) is 0 Å². The van der Waals surface area contributed by atoms with Crippen LogP contribution < -0.4 is 10.6 Å². The minimum atomic E-state index is -1.07. The van der Waals surface area contributed by atoms with Gasteiger partial charge in [-0.25, -0.2) is 0 Å². The third-order valence-electron chi connectivity index (χ3n) is 4.26. The van der Waals surface area contributed by atoms with Gasteiger partial charge in [0.1, 0.15) is 11.4 Å². The lowest BCUT2D eigenvalue weighted by Gasteiger charge is -2.20. The first-order valence-electron chi connectivity index (χ1n) is 8.46. The van der Waals surface area contributed by atoms with E-state index in [9.17, 15) is 20.0 Å². The zero-order valence-electron chi connectivity index (χ0n) is 14.7. The van der Waals surface area contributed by atoms with Gasteiger partial charge in [0, 0.05) is 28.9 Å². The third-order valence-corrected chi connectivity index (χ3v) is 4.49. The number of pyridine rings is 1. The molecule has 1 unspecified atom stereocenters. The lowest BCUT2D eigenvalue weighted by molar-refractivity contribution is -0.115. The van der Waals surface area contributed by atoms with E-state index < -0.39 is 17.4 Å². The van der Waals surface area contributed by atoms with Crippen LogP contribution in [0.4, 0.5) is 5.69 Å². The number of anilines is 1. The van der Waals surface area contributed by atoms with Crippen LogP contribution in [0.5, 0.6) is 5.75 Å². The second-order valence-electron chi connectivity index (χ2n) is 6.38. The molecule has 0 bridgehead atoms. The van der Waals surface area contributed by atoms with Gasteiger partial charge in [0.05, 0.1) is 25.7 Å². The summed E-state index contributed by atoms with van der Waals surface area (Å²) in [4.78, 5) is 28.7. The molecule has 1 saturated heterocycles. The van der Waals surface area contributed by atoms with Crippen molar-refractivity contribution in [3.8, 4) is 11.8 Å². The number of carbonyl (C=O) groups excluding carboxylic acids is 2. The number of nitrogens with one attached hydrogen (secondary N) is 2. The highest BCUT2D eigenvalue weighted by atomic mass is 35.5. The number of halogens is 1. The van der Waals surface area contributed by atoms with E-state index >= 15 is 0 Å². The first-order chi connectivity index (χ1) is 13.4. The molecule has 0 saturated carbocycles. The topological polar surface area (TPSA) is 124 Å². The van der Waals surface area contributed by atoms with Crippen LogP contribution in [0.25, 0.3) is 0 Å².